The molecule has 0 bridgehead atoms. The molecule has 0 amide bonds. The van der Waals surface area contributed by atoms with Crippen molar-refractivity contribution >= 4 is 41.3 Å². The van der Waals surface area contributed by atoms with E-state index in [1.807, 2.05) is 11.3 Å². The summed E-state index contributed by atoms with van der Waals surface area (Å²) < 4.78 is 0. The molecule has 1 aromatic heterocycles. The van der Waals surface area contributed by atoms with Gasteiger partial charge >= 0.3 is 0 Å². The normalized spacial score (nSPS) is 18.0. The number of halogens is 1. The number of guanidine groups is 1. The number of aliphatic hydroxyl groups is 1. The Morgan fingerprint density at radius 2 is 2.23 bits per heavy atom. The molecule has 1 aliphatic carbocycles. The summed E-state index contributed by atoms with van der Waals surface area (Å²) in [6.45, 7) is 6.54. The van der Waals surface area contributed by atoms with E-state index in [9.17, 15) is 5.11 Å². The first-order valence-corrected chi connectivity index (χ1v) is 8.76. The molecule has 1 heterocycles. The highest BCUT2D eigenvalue weighted by atomic mass is 127. The SMILES string of the molecule is CCNC(=NCC1(O)CCC1)NCC(C)Cc1cccs1.I. The van der Waals surface area contributed by atoms with Gasteiger partial charge in [0, 0.05) is 18.0 Å². The van der Waals surface area contributed by atoms with Crippen molar-refractivity contribution in [3.05, 3.63) is 22.4 Å². The van der Waals surface area contributed by atoms with E-state index in [0.29, 0.717) is 12.5 Å². The number of rotatable bonds is 7. The lowest BCUT2D eigenvalue weighted by atomic mass is 9.80. The fourth-order valence-electron chi connectivity index (χ4n) is 2.43. The van der Waals surface area contributed by atoms with Crippen LogP contribution in [0, 0.1) is 5.92 Å². The van der Waals surface area contributed by atoms with Crippen LogP contribution in [0.4, 0.5) is 0 Å². The minimum atomic E-state index is -0.551. The number of aliphatic imine (C=N–C) groups is 1. The third kappa shape index (κ3) is 6.42. The van der Waals surface area contributed by atoms with Crippen molar-refractivity contribution in [1.82, 2.24) is 10.6 Å². The van der Waals surface area contributed by atoms with Crippen molar-refractivity contribution in [3.8, 4) is 0 Å². The van der Waals surface area contributed by atoms with E-state index < -0.39 is 5.60 Å². The summed E-state index contributed by atoms with van der Waals surface area (Å²) in [4.78, 5) is 5.95. The summed E-state index contributed by atoms with van der Waals surface area (Å²) in [5.74, 6) is 1.37. The standard InChI is InChI=1S/C16H27N3OS.HI/c1-3-17-15(19-12-16(20)7-5-8-16)18-11-13(2)10-14-6-4-9-21-14;/h4,6,9,13,20H,3,5,7-8,10-12H2,1-2H3,(H2,17,18,19);1H. The molecule has 1 aliphatic rings. The maximum Gasteiger partial charge on any atom is 0.191 e. The first-order chi connectivity index (χ1) is 10.1. The summed E-state index contributed by atoms with van der Waals surface area (Å²) in [7, 11) is 0. The zero-order valence-electron chi connectivity index (χ0n) is 13.5. The Balaban J connectivity index is 0.00000242. The molecule has 3 N–H and O–H groups in total. The van der Waals surface area contributed by atoms with Gasteiger partial charge in [-0.2, -0.15) is 0 Å². The van der Waals surface area contributed by atoms with Crippen molar-refractivity contribution in [2.45, 2.75) is 45.1 Å². The van der Waals surface area contributed by atoms with Crippen LogP contribution in [0.25, 0.3) is 0 Å². The fourth-order valence-corrected chi connectivity index (χ4v) is 3.30. The van der Waals surface area contributed by atoms with E-state index in [0.717, 1.165) is 44.7 Å². The molecule has 4 nitrogen and oxygen atoms in total. The molecule has 126 valence electrons. The van der Waals surface area contributed by atoms with Gasteiger partial charge < -0.3 is 15.7 Å². The van der Waals surface area contributed by atoms with E-state index in [1.54, 1.807) is 0 Å². The lowest BCUT2D eigenvalue weighted by molar-refractivity contribution is -0.0236. The Labute approximate surface area is 154 Å². The number of nitrogens with one attached hydrogen (secondary N) is 2. The van der Waals surface area contributed by atoms with Gasteiger partial charge in [-0.3, -0.25) is 4.99 Å². The van der Waals surface area contributed by atoms with Gasteiger partial charge in [0.25, 0.3) is 0 Å². The molecular weight excluding hydrogens is 409 g/mol. The number of nitrogens with zero attached hydrogens (tertiary/aromatic N) is 1. The predicted octanol–water partition coefficient (Wildman–Crippen LogP) is 3.01. The monoisotopic (exact) mass is 437 g/mol. The molecule has 0 spiro atoms. The van der Waals surface area contributed by atoms with Crippen LogP contribution in [0.15, 0.2) is 22.5 Å². The average molecular weight is 437 g/mol. The first kappa shape index (κ1) is 19.7. The second-order valence-corrected chi connectivity index (χ2v) is 7.07. The molecule has 1 aromatic rings. The largest absolute Gasteiger partial charge is 0.388 e. The van der Waals surface area contributed by atoms with Crippen LogP contribution in [0.2, 0.25) is 0 Å². The Bertz CT molecular complexity index is 446. The van der Waals surface area contributed by atoms with Crippen molar-refractivity contribution < 1.29 is 5.11 Å². The molecule has 0 aromatic carbocycles. The van der Waals surface area contributed by atoms with Gasteiger partial charge in [0.2, 0.25) is 0 Å². The van der Waals surface area contributed by atoms with Gasteiger partial charge in [-0.05, 0) is 50.0 Å². The van der Waals surface area contributed by atoms with Crippen molar-refractivity contribution in [2.24, 2.45) is 10.9 Å². The topological polar surface area (TPSA) is 56.7 Å². The van der Waals surface area contributed by atoms with Crippen LogP contribution in [0.3, 0.4) is 0 Å². The third-order valence-electron chi connectivity index (χ3n) is 3.91. The molecule has 2 rings (SSSR count). The van der Waals surface area contributed by atoms with Crippen molar-refractivity contribution in [1.29, 1.82) is 0 Å². The zero-order chi connectivity index (χ0) is 15.1. The van der Waals surface area contributed by atoms with Crippen LogP contribution >= 0.6 is 35.3 Å². The van der Waals surface area contributed by atoms with E-state index in [2.05, 4.69) is 47.0 Å². The van der Waals surface area contributed by atoms with Gasteiger partial charge in [0.1, 0.15) is 0 Å². The molecular formula is C16H28IN3OS. The van der Waals surface area contributed by atoms with Crippen molar-refractivity contribution in [2.75, 3.05) is 19.6 Å². The molecule has 0 radical (unpaired) electrons. The summed E-state index contributed by atoms with van der Waals surface area (Å²) in [6.07, 6.45) is 3.97. The number of hydrogen-bond acceptors (Lipinski definition) is 3. The molecule has 1 saturated carbocycles. The summed E-state index contributed by atoms with van der Waals surface area (Å²) >= 11 is 1.81. The molecule has 22 heavy (non-hydrogen) atoms. The quantitative estimate of drug-likeness (QED) is 0.349. The highest BCUT2D eigenvalue weighted by Gasteiger charge is 2.34. The van der Waals surface area contributed by atoms with Gasteiger partial charge in [0.05, 0.1) is 12.1 Å². The molecule has 0 aliphatic heterocycles. The fraction of sp³-hybridized carbons (Fsp3) is 0.688. The second kappa shape index (κ2) is 9.72. The van der Waals surface area contributed by atoms with Crippen LogP contribution in [-0.4, -0.2) is 36.3 Å². The highest BCUT2D eigenvalue weighted by molar-refractivity contribution is 14.0. The maximum absolute atomic E-state index is 10.1. The van der Waals surface area contributed by atoms with Crippen LogP contribution in [0.1, 0.15) is 38.0 Å². The maximum atomic E-state index is 10.1. The van der Waals surface area contributed by atoms with E-state index in [4.69, 9.17) is 0 Å². The zero-order valence-corrected chi connectivity index (χ0v) is 16.6. The van der Waals surface area contributed by atoms with Crippen LogP contribution in [0.5, 0.6) is 0 Å². The predicted molar refractivity (Wildman–Crippen MR) is 105 cm³/mol. The third-order valence-corrected chi connectivity index (χ3v) is 4.81. The van der Waals surface area contributed by atoms with Gasteiger partial charge in [-0.1, -0.05) is 13.0 Å². The molecule has 1 fully saturated rings. The number of hydrogen-bond donors (Lipinski definition) is 3. The number of thiophene rings is 1. The van der Waals surface area contributed by atoms with E-state index >= 15 is 0 Å². The summed E-state index contributed by atoms with van der Waals surface area (Å²) in [5.41, 5.74) is -0.551. The van der Waals surface area contributed by atoms with E-state index in [1.165, 1.54) is 4.88 Å². The van der Waals surface area contributed by atoms with Crippen LogP contribution in [-0.2, 0) is 6.42 Å². The minimum absolute atomic E-state index is 0. The Morgan fingerprint density at radius 3 is 2.77 bits per heavy atom. The molecule has 6 heteroatoms. The van der Waals surface area contributed by atoms with Crippen LogP contribution < -0.4 is 10.6 Å². The molecule has 0 saturated heterocycles. The summed E-state index contributed by atoms with van der Waals surface area (Å²) in [5, 5.41) is 18.9. The van der Waals surface area contributed by atoms with Crippen molar-refractivity contribution in [3.63, 3.8) is 0 Å². The lowest BCUT2D eigenvalue weighted by Gasteiger charge is -2.35. The molecule has 1 unspecified atom stereocenters. The smallest absolute Gasteiger partial charge is 0.191 e. The first-order valence-electron chi connectivity index (χ1n) is 7.88. The average Bonchev–Trinajstić information content (AvgIpc) is 2.92. The lowest BCUT2D eigenvalue weighted by Crippen LogP contribution is -2.44. The Morgan fingerprint density at radius 1 is 1.45 bits per heavy atom. The van der Waals surface area contributed by atoms with Gasteiger partial charge in [-0.25, -0.2) is 0 Å². The molecule has 1 atom stereocenters. The highest BCUT2D eigenvalue weighted by Crippen LogP contribution is 2.31. The van der Waals surface area contributed by atoms with Gasteiger partial charge in [0.15, 0.2) is 5.96 Å². The Hall–Kier alpha value is -0.340. The Kier molecular flexibility index (Phi) is 8.71. The van der Waals surface area contributed by atoms with Gasteiger partial charge in [-0.15, -0.1) is 35.3 Å². The minimum Gasteiger partial charge on any atom is -0.388 e. The summed E-state index contributed by atoms with van der Waals surface area (Å²) in [6, 6.07) is 4.29. The van der Waals surface area contributed by atoms with E-state index in [-0.39, 0.29) is 24.0 Å². The second-order valence-electron chi connectivity index (χ2n) is 6.04.